The van der Waals surface area contributed by atoms with Crippen LogP contribution in [0.1, 0.15) is 49.3 Å². The van der Waals surface area contributed by atoms with Crippen molar-refractivity contribution in [2.24, 2.45) is 0 Å². The Labute approximate surface area is 200 Å². The number of methoxy groups -OCH3 is 1. The molecular weight excluding hydrogens is 424 g/mol. The number of benzene rings is 3. The fraction of sp³-hybridized carbons (Fsp3) is 0.276. The van der Waals surface area contributed by atoms with Crippen LogP contribution >= 0.6 is 0 Å². The molecule has 5 rings (SSSR count). The molecule has 0 spiro atoms. The summed E-state index contributed by atoms with van der Waals surface area (Å²) in [7, 11) is 1.66. The van der Waals surface area contributed by atoms with E-state index < -0.39 is 0 Å². The van der Waals surface area contributed by atoms with Crippen molar-refractivity contribution < 1.29 is 14.3 Å². The highest BCUT2D eigenvalue weighted by Gasteiger charge is 2.36. The Morgan fingerprint density at radius 1 is 0.912 bits per heavy atom. The number of carbonyl (C=O) groups is 1. The number of anilines is 2. The van der Waals surface area contributed by atoms with E-state index in [1.165, 1.54) is 0 Å². The highest BCUT2D eigenvalue weighted by atomic mass is 16.5. The summed E-state index contributed by atoms with van der Waals surface area (Å²) in [6.07, 6.45) is 2.15. The molecule has 0 bridgehead atoms. The van der Waals surface area contributed by atoms with E-state index in [0.29, 0.717) is 13.0 Å². The van der Waals surface area contributed by atoms with Crippen LogP contribution in [0, 0.1) is 0 Å². The van der Waals surface area contributed by atoms with Gasteiger partial charge in [0.05, 0.1) is 31.1 Å². The molecule has 3 aromatic rings. The zero-order chi connectivity index (χ0) is 23.5. The molecule has 2 atom stereocenters. The molecule has 5 heteroatoms. The lowest BCUT2D eigenvalue weighted by Crippen LogP contribution is -2.27. The van der Waals surface area contributed by atoms with Crippen molar-refractivity contribution in [2.75, 3.05) is 24.4 Å². The average molecular weight is 455 g/mol. The molecule has 174 valence electrons. The van der Waals surface area contributed by atoms with Crippen molar-refractivity contribution in [3.05, 3.63) is 95.2 Å². The van der Waals surface area contributed by atoms with Crippen LogP contribution < -0.4 is 20.1 Å². The van der Waals surface area contributed by atoms with Gasteiger partial charge in [-0.25, -0.2) is 0 Å². The number of allylic oxidation sites excluding steroid dienone is 1. The minimum atomic E-state index is -0.239. The van der Waals surface area contributed by atoms with E-state index in [1.54, 1.807) is 7.11 Å². The lowest BCUT2D eigenvalue weighted by Gasteiger charge is -2.30. The molecule has 0 radical (unpaired) electrons. The molecule has 0 saturated carbocycles. The maximum absolute atomic E-state index is 13.7. The lowest BCUT2D eigenvalue weighted by atomic mass is 9.78. The van der Waals surface area contributed by atoms with E-state index in [1.807, 2.05) is 60.7 Å². The van der Waals surface area contributed by atoms with Gasteiger partial charge >= 0.3 is 0 Å². The number of nitrogens with one attached hydrogen (secondary N) is 2. The number of para-hydroxylation sites is 3. The first-order valence-electron chi connectivity index (χ1n) is 11.9. The molecule has 2 aliphatic rings. The van der Waals surface area contributed by atoms with Gasteiger partial charge in [-0.3, -0.25) is 4.79 Å². The molecule has 5 nitrogen and oxygen atoms in total. The molecule has 0 amide bonds. The summed E-state index contributed by atoms with van der Waals surface area (Å²) >= 11 is 0. The summed E-state index contributed by atoms with van der Waals surface area (Å²) in [5.41, 5.74) is 5.88. The van der Waals surface area contributed by atoms with E-state index in [4.69, 9.17) is 9.47 Å². The minimum absolute atomic E-state index is 0.0635. The van der Waals surface area contributed by atoms with Crippen molar-refractivity contribution in [2.45, 2.75) is 38.1 Å². The van der Waals surface area contributed by atoms with Crippen LogP contribution in [-0.4, -0.2) is 19.5 Å². The summed E-state index contributed by atoms with van der Waals surface area (Å²) in [5.74, 6) is 1.90. The molecule has 1 aliphatic carbocycles. The third kappa shape index (κ3) is 4.26. The molecule has 0 fully saturated rings. The largest absolute Gasteiger partial charge is 0.497 e. The molecule has 3 aromatic carbocycles. The van der Waals surface area contributed by atoms with E-state index >= 15 is 0 Å². The standard InChI is InChI=1S/C29H30N2O3/c1-3-16-34-27-11-7-4-8-22(27)20-17-25-28(26(32)18-20)29(19-12-14-21(33-2)15-13-19)31-24-10-6-5-9-23(24)30-25/h4-15,20,29-31H,3,16-18H2,1-2H3/t20-,29+/m0/s1. The second-order valence-corrected chi connectivity index (χ2v) is 8.83. The summed E-state index contributed by atoms with van der Waals surface area (Å²) in [6, 6.07) is 24.0. The van der Waals surface area contributed by atoms with Crippen LogP contribution in [-0.2, 0) is 4.79 Å². The van der Waals surface area contributed by atoms with Gasteiger partial charge in [-0.2, -0.15) is 0 Å². The maximum atomic E-state index is 13.7. The maximum Gasteiger partial charge on any atom is 0.163 e. The van der Waals surface area contributed by atoms with Gasteiger partial charge in [-0.05, 0) is 54.3 Å². The average Bonchev–Trinajstić information content (AvgIpc) is 3.04. The number of fused-ring (bicyclic) bond motifs is 1. The monoisotopic (exact) mass is 454 g/mol. The van der Waals surface area contributed by atoms with E-state index in [2.05, 4.69) is 29.7 Å². The number of ether oxygens (including phenoxy) is 2. The van der Waals surface area contributed by atoms with Gasteiger partial charge in [-0.1, -0.05) is 49.4 Å². The Balaban J connectivity index is 1.56. The second kappa shape index (κ2) is 9.64. The van der Waals surface area contributed by atoms with Gasteiger partial charge in [0.15, 0.2) is 5.78 Å². The highest BCUT2D eigenvalue weighted by molar-refractivity contribution is 6.01. The SMILES string of the molecule is CCCOc1ccccc1[C@@H]1CC(=O)C2=C(C1)Nc1ccccc1N[C@@H]2c1ccc(OC)cc1. The normalized spacial score (nSPS) is 19.3. The second-order valence-electron chi connectivity index (χ2n) is 8.83. The molecule has 2 N–H and O–H groups in total. The Hall–Kier alpha value is -3.73. The summed E-state index contributed by atoms with van der Waals surface area (Å²) in [5, 5.41) is 7.24. The zero-order valence-corrected chi connectivity index (χ0v) is 19.6. The highest BCUT2D eigenvalue weighted by Crippen LogP contribution is 2.45. The van der Waals surface area contributed by atoms with Crippen molar-refractivity contribution in [1.82, 2.24) is 0 Å². The summed E-state index contributed by atoms with van der Waals surface area (Å²) < 4.78 is 11.4. The molecule has 1 aliphatic heterocycles. The van der Waals surface area contributed by atoms with E-state index in [9.17, 15) is 4.79 Å². The fourth-order valence-corrected chi connectivity index (χ4v) is 4.92. The number of hydrogen-bond acceptors (Lipinski definition) is 5. The molecule has 0 unspecified atom stereocenters. The minimum Gasteiger partial charge on any atom is -0.497 e. The van der Waals surface area contributed by atoms with Crippen LogP contribution in [0.15, 0.2) is 84.1 Å². The van der Waals surface area contributed by atoms with Gasteiger partial charge < -0.3 is 20.1 Å². The van der Waals surface area contributed by atoms with Gasteiger partial charge in [0, 0.05) is 23.6 Å². The summed E-state index contributed by atoms with van der Waals surface area (Å²) in [4.78, 5) is 13.7. The third-order valence-corrected chi connectivity index (χ3v) is 6.58. The van der Waals surface area contributed by atoms with Crippen LogP contribution in [0.25, 0.3) is 0 Å². The van der Waals surface area contributed by atoms with Gasteiger partial charge in [-0.15, -0.1) is 0 Å². The van der Waals surface area contributed by atoms with E-state index in [0.717, 1.165) is 58.1 Å². The number of Topliss-reactive ketones (excluding diaryl/α,β-unsaturated/α-hetero) is 1. The number of carbonyl (C=O) groups excluding carboxylic acids is 1. The number of ketones is 1. The van der Waals surface area contributed by atoms with Crippen molar-refractivity contribution in [1.29, 1.82) is 0 Å². The number of rotatable bonds is 6. The third-order valence-electron chi connectivity index (χ3n) is 6.58. The van der Waals surface area contributed by atoms with Crippen molar-refractivity contribution in [3.63, 3.8) is 0 Å². The Bertz CT molecular complexity index is 1220. The van der Waals surface area contributed by atoms with Crippen LogP contribution in [0.5, 0.6) is 11.5 Å². The molecule has 1 heterocycles. The quantitative estimate of drug-likeness (QED) is 0.447. The molecule has 0 aromatic heterocycles. The van der Waals surface area contributed by atoms with Crippen LogP contribution in [0.3, 0.4) is 0 Å². The molecule has 34 heavy (non-hydrogen) atoms. The van der Waals surface area contributed by atoms with Crippen molar-refractivity contribution >= 4 is 17.2 Å². The van der Waals surface area contributed by atoms with Gasteiger partial charge in [0.2, 0.25) is 0 Å². The first-order valence-corrected chi connectivity index (χ1v) is 11.9. The van der Waals surface area contributed by atoms with E-state index in [-0.39, 0.29) is 17.7 Å². The molecule has 0 saturated heterocycles. The predicted octanol–water partition coefficient (Wildman–Crippen LogP) is 6.46. The Kier molecular flexibility index (Phi) is 6.26. The molecular formula is C29H30N2O3. The smallest absolute Gasteiger partial charge is 0.163 e. The Morgan fingerprint density at radius 3 is 2.41 bits per heavy atom. The first-order chi connectivity index (χ1) is 16.7. The van der Waals surface area contributed by atoms with Gasteiger partial charge in [0.25, 0.3) is 0 Å². The van der Waals surface area contributed by atoms with Gasteiger partial charge in [0.1, 0.15) is 11.5 Å². The van der Waals surface area contributed by atoms with Crippen molar-refractivity contribution in [3.8, 4) is 11.5 Å². The predicted molar refractivity (Wildman–Crippen MR) is 136 cm³/mol. The van der Waals surface area contributed by atoms with Crippen LogP contribution in [0.4, 0.5) is 11.4 Å². The Morgan fingerprint density at radius 2 is 1.65 bits per heavy atom. The lowest BCUT2D eigenvalue weighted by molar-refractivity contribution is -0.116. The summed E-state index contributed by atoms with van der Waals surface area (Å²) in [6.45, 7) is 2.77. The fourth-order valence-electron chi connectivity index (χ4n) is 4.92. The van der Waals surface area contributed by atoms with Crippen LogP contribution in [0.2, 0.25) is 0 Å². The zero-order valence-electron chi connectivity index (χ0n) is 19.6. The first kappa shape index (κ1) is 22.1. The number of hydrogen-bond donors (Lipinski definition) is 2. The topological polar surface area (TPSA) is 59.6 Å².